The molecular formula is C16H20ClN. The van der Waals surface area contributed by atoms with Crippen molar-refractivity contribution in [3.05, 3.63) is 71.8 Å². The van der Waals surface area contributed by atoms with Crippen molar-refractivity contribution in [2.24, 2.45) is 0 Å². The van der Waals surface area contributed by atoms with Gasteiger partial charge in [0, 0.05) is 12.0 Å². The van der Waals surface area contributed by atoms with E-state index in [0.29, 0.717) is 12.0 Å². The predicted molar refractivity (Wildman–Crippen MR) is 80.5 cm³/mol. The molecule has 2 aromatic rings. The van der Waals surface area contributed by atoms with Crippen LogP contribution in [0.2, 0.25) is 0 Å². The van der Waals surface area contributed by atoms with Crippen LogP contribution in [0.5, 0.6) is 0 Å². The van der Waals surface area contributed by atoms with Crippen LogP contribution in [0, 0.1) is 0 Å². The first-order valence-corrected chi connectivity index (χ1v) is 6.10. The molecule has 2 rings (SSSR count). The molecule has 1 atom stereocenters. The van der Waals surface area contributed by atoms with Crippen molar-refractivity contribution >= 4 is 12.4 Å². The van der Waals surface area contributed by atoms with Crippen LogP contribution in [0.3, 0.4) is 0 Å². The number of rotatable bonds is 4. The maximum atomic E-state index is 3.36. The van der Waals surface area contributed by atoms with Crippen LogP contribution >= 0.6 is 12.4 Å². The van der Waals surface area contributed by atoms with Crippen LogP contribution in [-0.4, -0.2) is 13.1 Å². The minimum absolute atomic E-state index is 0. The summed E-state index contributed by atoms with van der Waals surface area (Å²) in [6.07, 6.45) is 0. The molecule has 0 fully saturated rings. The average molecular weight is 262 g/mol. The van der Waals surface area contributed by atoms with Gasteiger partial charge in [0.05, 0.1) is 0 Å². The lowest BCUT2D eigenvalue weighted by atomic mass is 9.86. The third-order valence-electron chi connectivity index (χ3n) is 3.27. The summed E-state index contributed by atoms with van der Waals surface area (Å²) in [5, 5.41) is 3.36. The van der Waals surface area contributed by atoms with E-state index < -0.39 is 0 Å². The SMILES string of the molecule is CNC(C)C(c1ccccc1)c1ccccc1.Cl. The number of hydrogen-bond donors (Lipinski definition) is 1. The summed E-state index contributed by atoms with van der Waals surface area (Å²) in [6, 6.07) is 21.8. The van der Waals surface area contributed by atoms with Crippen molar-refractivity contribution in [1.29, 1.82) is 0 Å². The molecule has 0 aliphatic heterocycles. The summed E-state index contributed by atoms with van der Waals surface area (Å²) in [7, 11) is 2.02. The molecule has 0 amide bonds. The van der Waals surface area contributed by atoms with Gasteiger partial charge in [-0.1, -0.05) is 60.7 Å². The summed E-state index contributed by atoms with van der Waals surface area (Å²) < 4.78 is 0. The minimum atomic E-state index is 0. The number of hydrogen-bond acceptors (Lipinski definition) is 1. The topological polar surface area (TPSA) is 12.0 Å². The van der Waals surface area contributed by atoms with Crippen molar-refractivity contribution in [1.82, 2.24) is 5.32 Å². The summed E-state index contributed by atoms with van der Waals surface area (Å²) in [6.45, 7) is 2.23. The molecule has 1 N–H and O–H groups in total. The largest absolute Gasteiger partial charge is 0.316 e. The Morgan fingerprint density at radius 1 is 0.778 bits per heavy atom. The summed E-state index contributed by atoms with van der Waals surface area (Å²) in [5.41, 5.74) is 2.72. The normalized spacial score (nSPS) is 11.9. The van der Waals surface area contributed by atoms with Gasteiger partial charge in [-0.15, -0.1) is 12.4 Å². The highest BCUT2D eigenvalue weighted by Gasteiger charge is 2.19. The lowest BCUT2D eigenvalue weighted by Crippen LogP contribution is -2.29. The van der Waals surface area contributed by atoms with Gasteiger partial charge < -0.3 is 5.32 Å². The Morgan fingerprint density at radius 2 is 1.17 bits per heavy atom. The molecule has 2 aromatic carbocycles. The maximum absolute atomic E-state index is 3.36. The highest BCUT2D eigenvalue weighted by molar-refractivity contribution is 5.85. The first-order valence-electron chi connectivity index (χ1n) is 6.10. The Kier molecular flexibility index (Phi) is 5.90. The zero-order valence-corrected chi connectivity index (χ0v) is 11.7. The second-order valence-electron chi connectivity index (χ2n) is 4.38. The fourth-order valence-electron chi connectivity index (χ4n) is 2.26. The first kappa shape index (κ1) is 14.7. The molecule has 1 unspecified atom stereocenters. The van der Waals surface area contributed by atoms with E-state index in [1.54, 1.807) is 0 Å². The van der Waals surface area contributed by atoms with E-state index >= 15 is 0 Å². The van der Waals surface area contributed by atoms with E-state index in [4.69, 9.17) is 0 Å². The smallest absolute Gasteiger partial charge is 0.0240 e. The van der Waals surface area contributed by atoms with E-state index in [1.807, 2.05) is 7.05 Å². The highest BCUT2D eigenvalue weighted by atomic mass is 35.5. The lowest BCUT2D eigenvalue weighted by Gasteiger charge is -2.24. The van der Waals surface area contributed by atoms with E-state index in [2.05, 4.69) is 72.9 Å². The van der Waals surface area contributed by atoms with Gasteiger partial charge in [0.25, 0.3) is 0 Å². The molecule has 0 aliphatic carbocycles. The Balaban J connectivity index is 0.00000162. The lowest BCUT2D eigenvalue weighted by molar-refractivity contribution is 0.547. The van der Waals surface area contributed by atoms with Gasteiger partial charge in [-0.3, -0.25) is 0 Å². The number of halogens is 1. The molecule has 0 radical (unpaired) electrons. The van der Waals surface area contributed by atoms with Crippen LogP contribution in [0.15, 0.2) is 60.7 Å². The van der Waals surface area contributed by atoms with Crippen LogP contribution < -0.4 is 5.32 Å². The predicted octanol–water partition coefficient (Wildman–Crippen LogP) is 3.85. The Labute approximate surface area is 116 Å². The van der Waals surface area contributed by atoms with E-state index in [9.17, 15) is 0 Å². The molecule has 0 spiro atoms. The molecule has 18 heavy (non-hydrogen) atoms. The molecule has 0 saturated heterocycles. The summed E-state index contributed by atoms with van der Waals surface area (Å²) in [5.74, 6) is 0.405. The van der Waals surface area contributed by atoms with Gasteiger partial charge in [-0.25, -0.2) is 0 Å². The molecular weight excluding hydrogens is 242 g/mol. The van der Waals surface area contributed by atoms with Crippen LogP contribution in [0.4, 0.5) is 0 Å². The van der Waals surface area contributed by atoms with Crippen molar-refractivity contribution in [2.45, 2.75) is 18.9 Å². The van der Waals surface area contributed by atoms with Crippen molar-refractivity contribution in [2.75, 3.05) is 7.05 Å². The highest BCUT2D eigenvalue weighted by Crippen LogP contribution is 2.27. The molecule has 0 aromatic heterocycles. The van der Waals surface area contributed by atoms with Gasteiger partial charge in [0.2, 0.25) is 0 Å². The fourth-order valence-corrected chi connectivity index (χ4v) is 2.26. The van der Waals surface area contributed by atoms with Crippen LogP contribution in [-0.2, 0) is 0 Å². The Bertz CT molecular complexity index is 402. The monoisotopic (exact) mass is 261 g/mol. The maximum Gasteiger partial charge on any atom is 0.0240 e. The molecule has 0 aliphatic rings. The third kappa shape index (κ3) is 3.34. The zero-order valence-electron chi connectivity index (χ0n) is 10.8. The molecule has 1 nitrogen and oxygen atoms in total. The molecule has 96 valence electrons. The molecule has 0 bridgehead atoms. The first-order chi connectivity index (χ1) is 8.33. The van der Waals surface area contributed by atoms with Crippen molar-refractivity contribution in [3.8, 4) is 0 Å². The molecule has 0 saturated carbocycles. The van der Waals surface area contributed by atoms with Gasteiger partial charge in [0.15, 0.2) is 0 Å². The van der Waals surface area contributed by atoms with Crippen LogP contribution in [0.1, 0.15) is 24.0 Å². The average Bonchev–Trinajstić information content (AvgIpc) is 2.41. The van der Waals surface area contributed by atoms with E-state index in [0.717, 1.165) is 0 Å². The van der Waals surface area contributed by atoms with Crippen molar-refractivity contribution in [3.63, 3.8) is 0 Å². The Hall–Kier alpha value is -1.31. The second-order valence-corrected chi connectivity index (χ2v) is 4.38. The third-order valence-corrected chi connectivity index (χ3v) is 3.27. The molecule has 2 heteroatoms. The number of likely N-dealkylation sites (N-methyl/N-ethyl adjacent to an activating group) is 1. The van der Waals surface area contributed by atoms with Crippen molar-refractivity contribution < 1.29 is 0 Å². The van der Waals surface area contributed by atoms with E-state index in [-0.39, 0.29) is 12.4 Å². The van der Waals surface area contributed by atoms with Gasteiger partial charge in [-0.05, 0) is 25.1 Å². The summed E-state index contributed by atoms with van der Waals surface area (Å²) >= 11 is 0. The van der Waals surface area contributed by atoms with E-state index in [1.165, 1.54) is 11.1 Å². The quantitative estimate of drug-likeness (QED) is 0.882. The number of benzene rings is 2. The van der Waals surface area contributed by atoms with Gasteiger partial charge in [0.1, 0.15) is 0 Å². The molecule has 0 heterocycles. The number of nitrogens with one attached hydrogen (secondary N) is 1. The van der Waals surface area contributed by atoms with Crippen LogP contribution in [0.25, 0.3) is 0 Å². The summed E-state index contributed by atoms with van der Waals surface area (Å²) in [4.78, 5) is 0. The van der Waals surface area contributed by atoms with Gasteiger partial charge >= 0.3 is 0 Å². The minimum Gasteiger partial charge on any atom is -0.316 e. The zero-order chi connectivity index (χ0) is 12.1. The second kappa shape index (κ2) is 7.20. The fraction of sp³-hybridized carbons (Fsp3) is 0.250. The van der Waals surface area contributed by atoms with Gasteiger partial charge in [-0.2, -0.15) is 0 Å². The standard InChI is InChI=1S/C16H19N.ClH/c1-13(17-2)16(14-9-5-3-6-10-14)15-11-7-4-8-12-15;/h3-13,16-17H,1-2H3;1H. The Morgan fingerprint density at radius 3 is 1.50 bits per heavy atom.